The molecule has 0 radical (unpaired) electrons. The first kappa shape index (κ1) is 41.3. The van der Waals surface area contributed by atoms with Crippen LogP contribution in [0.3, 0.4) is 0 Å². The Morgan fingerprint density at radius 2 is 0.556 bits per heavy atom. The molecule has 0 fully saturated rings. The quantitative estimate of drug-likeness (QED) is 0.361. The van der Waals surface area contributed by atoms with Crippen molar-refractivity contribution in [3.05, 3.63) is 26.3 Å². The minimum absolute atomic E-state index is 0. The molecule has 0 unspecified atom stereocenters. The van der Waals surface area contributed by atoms with Gasteiger partial charge in [0.2, 0.25) is 0 Å². The van der Waals surface area contributed by atoms with Gasteiger partial charge in [-0.25, -0.2) is 0 Å². The molecule has 0 heterocycles. The van der Waals surface area contributed by atoms with Crippen LogP contribution in [0.4, 0.5) is 0 Å². The molecule has 0 aliphatic rings. The first-order valence-electron chi connectivity index (χ1n) is 0.894. The Morgan fingerprint density at radius 3 is 0.556 bits per heavy atom. The molecule has 0 spiro atoms. The Balaban J connectivity index is -0.00000000356. The maximum absolute atomic E-state index is 6.25. The molecule has 0 rings (SSSR count). The van der Waals surface area contributed by atoms with E-state index in [0.29, 0.717) is 0 Å². The van der Waals surface area contributed by atoms with E-state index in [-0.39, 0.29) is 40.6 Å². The largest absolute Gasteiger partial charge is 2.00 e. The molecule has 4 nitrogen and oxygen atoms in total. The third-order valence-corrected chi connectivity index (χ3v) is 0. The molecule has 0 aliphatic heterocycles. The molecule has 9 heavy (non-hydrogen) atoms. The Kier molecular flexibility index (Phi) is 2110. The standard InChI is InChI=1S/4CN.Ca/c4*1-2;/q4*-1;+2/p+2. The van der Waals surface area contributed by atoms with Gasteiger partial charge in [0.25, 0.3) is 0 Å². The van der Waals surface area contributed by atoms with Crippen LogP contribution in [-0.4, -0.2) is 37.7 Å². The van der Waals surface area contributed by atoms with E-state index in [1.54, 1.807) is 0 Å². The fraction of sp³-hybridized carbons (Fsp3) is 0. The Bertz CT molecular complexity index is 63.1. The second-order valence-corrected chi connectivity index (χ2v) is 0. The molecule has 0 saturated heterocycles. The number of hydrogen-bond acceptors (Lipinski definition) is 4. The summed E-state index contributed by atoms with van der Waals surface area (Å²) in [5.41, 5.74) is 0. The molecular weight excluding hydrogens is 144 g/mol. The molecule has 40 valence electrons. The Hall–Kier alpha value is -0.780. The molecule has 5 heteroatoms. The monoisotopic (exact) mass is 146 g/mol. The van der Waals surface area contributed by atoms with Crippen LogP contribution >= 0.6 is 0 Å². The summed E-state index contributed by atoms with van der Waals surface area (Å²) < 4.78 is 0. The van der Waals surface area contributed by atoms with Gasteiger partial charge in [-0.1, -0.05) is 0 Å². The third kappa shape index (κ3) is 323. The van der Waals surface area contributed by atoms with Gasteiger partial charge >= 0.3 is 40.6 Å². The molecule has 0 atom stereocenters. The molecule has 0 aliphatic carbocycles. The van der Waals surface area contributed by atoms with Gasteiger partial charge in [0.15, 0.2) is 0 Å². The zero-order valence-corrected chi connectivity index (χ0v) is 6.70. The van der Waals surface area contributed by atoms with Crippen molar-refractivity contribution in [2.75, 3.05) is 0 Å². The van der Waals surface area contributed by atoms with Crippen LogP contribution in [0.25, 0.3) is 0 Å². The third-order valence-electron chi connectivity index (χ3n) is 0. The van der Waals surface area contributed by atoms with Crippen molar-refractivity contribution in [3.8, 4) is 0 Å². The van der Waals surface area contributed by atoms with E-state index in [4.69, 9.17) is 47.3 Å². The Morgan fingerprint density at radius 1 is 0.556 bits per heavy atom. The smallest absolute Gasteiger partial charge is 0.512 e. The van der Waals surface area contributed by atoms with Crippen molar-refractivity contribution in [2.24, 2.45) is 0 Å². The van der Waals surface area contributed by atoms with Gasteiger partial charge in [-0.3, -0.25) is 0 Å². The minimum atomic E-state index is 0. The van der Waals surface area contributed by atoms with Crippen LogP contribution in [0.5, 0.6) is 0 Å². The van der Waals surface area contributed by atoms with E-state index < -0.39 is 0 Å². The number of rotatable bonds is 0. The Labute approximate surface area is 87.5 Å². The zero-order valence-electron chi connectivity index (χ0n) is 6.50. The van der Waals surface area contributed by atoms with Crippen LogP contribution in [-0.2, 0) is 0 Å². The average Bonchev–Trinajstić information content (AvgIpc) is 2.03. The summed E-state index contributed by atoms with van der Waals surface area (Å²) in [4.78, 5) is 0. The van der Waals surface area contributed by atoms with Gasteiger partial charge in [-0.05, 0) is 0 Å². The zero-order chi connectivity index (χ0) is 8.00. The van der Waals surface area contributed by atoms with Crippen molar-refractivity contribution in [2.45, 2.75) is 0 Å². The molecule has 0 aromatic carbocycles. The first-order valence-corrected chi connectivity index (χ1v) is 0.894. The average molecular weight is 146 g/mol. The summed E-state index contributed by atoms with van der Waals surface area (Å²) >= 11 is 0. The van der Waals surface area contributed by atoms with Gasteiger partial charge in [-0.15, -0.1) is 0 Å². The summed E-state index contributed by atoms with van der Waals surface area (Å²) in [7, 11) is 0. The van der Waals surface area contributed by atoms with Crippen molar-refractivity contribution >= 4 is 37.7 Å². The fourth-order valence-electron chi connectivity index (χ4n) is 0. The molecule has 0 saturated carbocycles. The van der Waals surface area contributed by atoms with Gasteiger partial charge in [-0.2, -0.15) is 0 Å². The van der Waals surface area contributed by atoms with Gasteiger partial charge in [0.05, 0.1) is 0 Å². The van der Waals surface area contributed by atoms with Crippen molar-refractivity contribution in [1.29, 1.82) is 21.0 Å². The van der Waals surface area contributed by atoms with E-state index in [9.17, 15) is 0 Å². The normalized spacial score (nSPS) is 0.889. The van der Waals surface area contributed by atoms with Crippen LogP contribution in [0.15, 0.2) is 0 Å². The molecular formula is C4H2CaN4. The van der Waals surface area contributed by atoms with Crippen molar-refractivity contribution in [3.63, 3.8) is 0 Å². The van der Waals surface area contributed by atoms with Crippen LogP contribution in [0.1, 0.15) is 2.85 Å². The molecule has 0 aromatic rings. The van der Waals surface area contributed by atoms with E-state index in [1.165, 1.54) is 0 Å². The van der Waals surface area contributed by atoms with E-state index in [1.807, 2.05) is 0 Å². The molecule has 0 bridgehead atoms. The van der Waals surface area contributed by atoms with Crippen molar-refractivity contribution in [1.82, 2.24) is 0 Å². The van der Waals surface area contributed by atoms with Gasteiger partial charge in [0.1, 0.15) is 0 Å². The summed E-state index contributed by atoms with van der Waals surface area (Å²) in [6, 6.07) is 0. The second kappa shape index (κ2) is 459. The van der Waals surface area contributed by atoms with Crippen LogP contribution in [0.2, 0.25) is 0 Å². The molecule has 0 amide bonds. The predicted octanol–water partition coefficient (Wildman–Crippen LogP) is 0.230. The topological polar surface area (TPSA) is 95.2 Å². The van der Waals surface area contributed by atoms with Gasteiger partial charge < -0.3 is 47.3 Å². The summed E-state index contributed by atoms with van der Waals surface area (Å²) in [5, 5.41) is 25.0. The van der Waals surface area contributed by atoms with Crippen molar-refractivity contribution < 1.29 is 2.85 Å². The van der Waals surface area contributed by atoms with Crippen LogP contribution < -0.4 is 0 Å². The second-order valence-electron chi connectivity index (χ2n) is 0. The maximum atomic E-state index is 6.25. The van der Waals surface area contributed by atoms with Gasteiger partial charge in [0, 0.05) is 0 Å². The number of nitrogens with zero attached hydrogens (tertiary/aromatic N) is 4. The summed E-state index contributed by atoms with van der Waals surface area (Å²) in [6.07, 6.45) is 0. The predicted molar refractivity (Wildman–Crippen MR) is 27.9 cm³/mol. The molecule has 0 N–H and O–H groups in total. The first-order chi connectivity index (χ1) is 4.00. The SMILES string of the molecule is [C-]#N.[C-]#N.[C-]#N.[C-]#N.[Ca+2].[H+].[H+]. The van der Waals surface area contributed by atoms with E-state index in [2.05, 4.69) is 0 Å². The number of hydrogen-bond donors (Lipinski definition) is 0. The van der Waals surface area contributed by atoms with E-state index >= 15 is 0 Å². The fourth-order valence-corrected chi connectivity index (χ4v) is 0. The summed E-state index contributed by atoms with van der Waals surface area (Å²) in [6.45, 7) is 19.0. The minimum Gasteiger partial charge on any atom is -0.512 e. The molecule has 0 aromatic heterocycles. The summed E-state index contributed by atoms with van der Waals surface area (Å²) in [5.74, 6) is 0. The van der Waals surface area contributed by atoms with Crippen LogP contribution in [0, 0.1) is 47.3 Å². The van der Waals surface area contributed by atoms with E-state index in [0.717, 1.165) is 0 Å². The maximum Gasteiger partial charge on any atom is 2.00 e.